The fourth-order valence-electron chi connectivity index (χ4n) is 3.50. The minimum atomic E-state index is -0.774. The van der Waals surface area contributed by atoms with Gasteiger partial charge < -0.3 is 14.5 Å². The lowest BCUT2D eigenvalue weighted by atomic mass is 10.0. The fraction of sp³-hybridized carbons (Fsp3) is 0.368. The number of urea groups is 1. The van der Waals surface area contributed by atoms with Gasteiger partial charge in [-0.25, -0.2) is 9.69 Å². The smallest absolute Gasteiger partial charge is 0.355 e. The Kier molecular flexibility index (Phi) is 4.27. The van der Waals surface area contributed by atoms with Crippen molar-refractivity contribution in [3.63, 3.8) is 0 Å². The SMILES string of the molecule is Cc1ccc(N2C(=O)N=C3C(C(=O)N4CCOCC4)=CN(C)C3C2=O)cc1. The van der Waals surface area contributed by atoms with Gasteiger partial charge in [0, 0.05) is 26.3 Å². The van der Waals surface area contributed by atoms with Crippen LogP contribution in [0.25, 0.3) is 0 Å². The quantitative estimate of drug-likeness (QED) is 0.777. The fourth-order valence-corrected chi connectivity index (χ4v) is 3.50. The molecule has 4 rings (SSSR count). The molecule has 0 aromatic heterocycles. The number of aliphatic imine (C=N–C) groups is 1. The van der Waals surface area contributed by atoms with Crippen molar-refractivity contribution in [1.29, 1.82) is 0 Å². The van der Waals surface area contributed by atoms with Crippen LogP contribution in [-0.2, 0) is 14.3 Å². The van der Waals surface area contributed by atoms with Gasteiger partial charge in [0.1, 0.15) is 0 Å². The summed E-state index contributed by atoms with van der Waals surface area (Å²) in [4.78, 5) is 47.0. The molecular formula is C19H20N4O4. The predicted molar refractivity (Wildman–Crippen MR) is 98.5 cm³/mol. The van der Waals surface area contributed by atoms with Crippen molar-refractivity contribution in [1.82, 2.24) is 9.80 Å². The van der Waals surface area contributed by atoms with Gasteiger partial charge in [-0.3, -0.25) is 9.59 Å². The van der Waals surface area contributed by atoms with Gasteiger partial charge in [-0.1, -0.05) is 17.7 Å². The highest BCUT2D eigenvalue weighted by Gasteiger charge is 2.46. The summed E-state index contributed by atoms with van der Waals surface area (Å²) in [6.45, 7) is 3.84. The Morgan fingerprint density at radius 2 is 1.81 bits per heavy atom. The lowest BCUT2D eigenvalue weighted by molar-refractivity contribution is -0.130. The van der Waals surface area contributed by atoms with Crippen LogP contribution in [0.2, 0.25) is 0 Å². The van der Waals surface area contributed by atoms with Crippen LogP contribution in [0.3, 0.4) is 0 Å². The molecule has 1 aromatic rings. The number of morpholine rings is 1. The molecule has 4 amide bonds. The first-order chi connectivity index (χ1) is 13.0. The Bertz CT molecular complexity index is 868. The Hall–Kier alpha value is -3.00. The maximum absolute atomic E-state index is 13.1. The third-order valence-corrected chi connectivity index (χ3v) is 4.96. The van der Waals surface area contributed by atoms with Crippen LogP contribution >= 0.6 is 0 Å². The molecule has 1 atom stereocenters. The van der Waals surface area contributed by atoms with Gasteiger partial charge in [-0.2, -0.15) is 4.99 Å². The first kappa shape index (κ1) is 17.4. The van der Waals surface area contributed by atoms with Gasteiger partial charge in [-0.05, 0) is 19.1 Å². The average Bonchev–Trinajstić information content (AvgIpc) is 2.99. The highest BCUT2D eigenvalue weighted by Crippen LogP contribution is 2.29. The number of rotatable bonds is 2. The van der Waals surface area contributed by atoms with Crippen molar-refractivity contribution >= 4 is 29.2 Å². The topological polar surface area (TPSA) is 82.5 Å². The van der Waals surface area contributed by atoms with Crippen molar-refractivity contribution in [3.05, 3.63) is 41.6 Å². The van der Waals surface area contributed by atoms with E-state index in [0.29, 0.717) is 37.6 Å². The zero-order valence-electron chi connectivity index (χ0n) is 15.2. The Balaban J connectivity index is 1.66. The summed E-state index contributed by atoms with van der Waals surface area (Å²) in [6.07, 6.45) is 1.60. The molecule has 8 nitrogen and oxygen atoms in total. The number of likely N-dealkylation sites (N-methyl/N-ethyl adjacent to an activating group) is 1. The van der Waals surface area contributed by atoms with E-state index >= 15 is 0 Å². The second kappa shape index (κ2) is 6.62. The van der Waals surface area contributed by atoms with Crippen molar-refractivity contribution < 1.29 is 19.1 Å². The molecule has 0 radical (unpaired) electrons. The molecule has 8 heteroatoms. The van der Waals surface area contributed by atoms with E-state index in [1.54, 1.807) is 35.2 Å². The first-order valence-electron chi connectivity index (χ1n) is 8.81. The van der Waals surface area contributed by atoms with E-state index in [1.165, 1.54) is 0 Å². The largest absolute Gasteiger partial charge is 0.378 e. The number of aryl methyl sites for hydroxylation is 1. The molecular weight excluding hydrogens is 348 g/mol. The third kappa shape index (κ3) is 2.91. The van der Waals surface area contributed by atoms with E-state index in [9.17, 15) is 14.4 Å². The maximum Gasteiger partial charge on any atom is 0.355 e. The molecule has 1 aromatic carbocycles. The summed E-state index contributed by atoms with van der Waals surface area (Å²) in [5, 5.41) is 0. The molecule has 3 aliphatic heterocycles. The summed E-state index contributed by atoms with van der Waals surface area (Å²) in [5.74, 6) is -0.631. The minimum absolute atomic E-state index is 0.226. The number of anilines is 1. The molecule has 0 saturated carbocycles. The van der Waals surface area contributed by atoms with Crippen LogP contribution in [0.15, 0.2) is 41.0 Å². The number of hydrogen-bond acceptors (Lipinski definition) is 5. The molecule has 1 saturated heterocycles. The Labute approximate surface area is 156 Å². The van der Waals surface area contributed by atoms with Gasteiger partial charge in [0.15, 0.2) is 6.04 Å². The van der Waals surface area contributed by atoms with E-state index in [-0.39, 0.29) is 11.6 Å². The zero-order chi connectivity index (χ0) is 19.1. The van der Waals surface area contributed by atoms with Gasteiger partial charge >= 0.3 is 6.03 Å². The molecule has 3 heterocycles. The molecule has 0 spiro atoms. The van der Waals surface area contributed by atoms with Gasteiger partial charge in [-0.15, -0.1) is 0 Å². The summed E-state index contributed by atoms with van der Waals surface area (Å²) in [7, 11) is 1.71. The van der Waals surface area contributed by atoms with E-state index < -0.39 is 18.0 Å². The summed E-state index contributed by atoms with van der Waals surface area (Å²) < 4.78 is 5.28. The minimum Gasteiger partial charge on any atom is -0.378 e. The molecule has 0 N–H and O–H groups in total. The summed E-state index contributed by atoms with van der Waals surface area (Å²) >= 11 is 0. The maximum atomic E-state index is 13.1. The molecule has 0 aliphatic carbocycles. The van der Waals surface area contributed by atoms with Crippen LogP contribution in [0.4, 0.5) is 10.5 Å². The van der Waals surface area contributed by atoms with Crippen LogP contribution < -0.4 is 4.90 Å². The van der Waals surface area contributed by atoms with E-state index in [4.69, 9.17) is 4.74 Å². The van der Waals surface area contributed by atoms with Gasteiger partial charge in [0.2, 0.25) is 0 Å². The van der Waals surface area contributed by atoms with Gasteiger partial charge in [0.05, 0.1) is 30.2 Å². The van der Waals surface area contributed by atoms with Crippen LogP contribution in [0.5, 0.6) is 0 Å². The number of amides is 4. The lowest BCUT2D eigenvalue weighted by Gasteiger charge is -2.31. The second-order valence-electron chi connectivity index (χ2n) is 6.80. The third-order valence-electron chi connectivity index (χ3n) is 4.96. The normalized spacial score (nSPS) is 22.6. The molecule has 1 unspecified atom stereocenters. The van der Waals surface area contributed by atoms with Crippen LogP contribution in [0.1, 0.15) is 5.56 Å². The highest BCUT2D eigenvalue weighted by molar-refractivity contribution is 6.39. The number of imide groups is 1. The van der Waals surface area contributed by atoms with Crippen molar-refractivity contribution in [2.75, 3.05) is 38.3 Å². The van der Waals surface area contributed by atoms with Crippen LogP contribution in [0, 0.1) is 6.92 Å². The number of carbonyl (C=O) groups excluding carboxylic acids is 3. The summed E-state index contributed by atoms with van der Waals surface area (Å²) in [5.41, 5.74) is 2.03. The first-order valence-corrected chi connectivity index (χ1v) is 8.81. The van der Waals surface area contributed by atoms with Gasteiger partial charge in [0.25, 0.3) is 11.8 Å². The standard InChI is InChI=1S/C19H20N4O4/c1-12-3-5-13(6-4-12)23-18(25)16-15(20-19(23)26)14(11-21(16)2)17(24)22-7-9-27-10-8-22/h3-6,11,16H,7-10H2,1-2H3. The molecule has 1 fully saturated rings. The lowest BCUT2D eigenvalue weighted by Crippen LogP contribution is -2.54. The summed E-state index contributed by atoms with van der Waals surface area (Å²) in [6, 6.07) is 5.65. The molecule has 0 bridgehead atoms. The predicted octanol–water partition coefficient (Wildman–Crippen LogP) is 0.959. The van der Waals surface area contributed by atoms with Crippen molar-refractivity contribution in [2.24, 2.45) is 4.99 Å². The second-order valence-corrected chi connectivity index (χ2v) is 6.80. The number of nitrogens with zero attached hydrogens (tertiary/aromatic N) is 4. The van der Waals surface area contributed by atoms with Crippen molar-refractivity contribution in [3.8, 4) is 0 Å². The van der Waals surface area contributed by atoms with Crippen molar-refractivity contribution in [2.45, 2.75) is 13.0 Å². The monoisotopic (exact) mass is 368 g/mol. The highest BCUT2D eigenvalue weighted by atomic mass is 16.5. The number of ether oxygens (including phenoxy) is 1. The number of carbonyl (C=O) groups is 3. The average molecular weight is 368 g/mol. The molecule has 3 aliphatic rings. The van der Waals surface area contributed by atoms with E-state index in [2.05, 4.69) is 4.99 Å². The number of hydrogen-bond donors (Lipinski definition) is 0. The number of fused-ring (bicyclic) bond motifs is 1. The molecule has 140 valence electrons. The van der Waals surface area contributed by atoms with E-state index in [1.807, 2.05) is 19.1 Å². The van der Waals surface area contributed by atoms with E-state index in [0.717, 1.165) is 10.5 Å². The zero-order valence-corrected chi connectivity index (χ0v) is 15.2. The number of benzene rings is 1. The Morgan fingerprint density at radius 1 is 1.15 bits per heavy atom. The molecule has 27 heavy (non-hydrogen) atoms. The Morgan fingerprint density at radius 3 is 2.48 bits per heavy atom. The van der Waals surface area contributed by atoms with Crippen LogP contribution in [-0.4, -0.2) is 72.7 Å².